The maximum absolute atomic E-state index is 12.8. The first kappa shape index (κ1) is 29.8. The summed E-state index contributed by atoms with van der Waals surface area (Å²) in [6, 6.07) is -4.27. The number of amides is 3. The van der Waals surface area contributed by atoms with E-state index in [1.54, 1.807) is 0 Å². The standard InChI is InChI=1S/C21H41N5O6/c1-12(2)9-14(23)18(28)25-16(10-13(3)4)19(29)26-17(11-27)20(30)24-15(21(31)32)7-5-6-8-22/h12-17,27H,5-11,22-23H2,1-4H3,(H,24,30)(H,25,28)(H,26,29)(H,31,32). The maximum atomic E-state index is 12.8. The summed E-state index contributed by atoms with van der Waals surface area (Å²) in [7, 11) is 0. The molecule has 0 fully saturated rings. The summed E-state index contributed by atoms with van der Waals surface area (Å²) < 4.78 is 0. The van der Waals surface area contributed by atoms with Crippen LogP contribution in [0.1, 0.15) is 59.8 Å². The molecular formula is C21H41N5O6. The van der Waals surface area contributed by atoms with Gasteiger partial charge in [-0.25, -0.2) is 4.79 Å². The first-order valence-corrected chi connectivity index (χ1v) is 11.1. The van der Waals surface area contributed by atoms with Crippen molar-refractivity contribution in [2.24, 2.45) is 23.3 Å². The van der Waals surface area contributed by atoms with Crippen LogP contribution in [0.15, 0.2) is 0 Å². The Morgan fingerprint density at radius 2 is 1.28 bits per heavy atom. The Morgan fingerprint density at radius 1 is 0.781 bits per heavy atom. The van der Waals surface area contributed by atoms with Crippen molar-refractivity contribution in [3.8, 4) is 0 Å². The van der Waals surface area contributed by atoms with Gasteiger partial charge in [0, 0.05) is 0 Å². The van der Waals surface area contributed by atoms with E-state index >= 15 is 0 Å². The molecule has 0 aromatic carbocycles. The van der Waals surface area contributed by atoms with Crippen molar-refractivity contribution in [2.45, 2.75) is 84.0 Å². The molecule has 0 rings (SSSR count). The third-order valence-electron chi connectivity index (χ3n) is 4.78. The van der Waals surface area contributed by atoms with E-state index in [4.69, 9.17) is 11.5 Å². The van der Waals surface area contributed by atoms with Crippen molar-refractivity contribution < 1.29 is 29.4 Å². The largest absolute Gasteiger partial charge is 0.480 e. The fourth-order valence-corrected chi connectivity index (χ4v) is 3.09. The summed E-state index contributed by atoms with van der Waals surface area (Å²) >= 11 is 0. The minimum atomic E-state index is -1.37. The number of unbranched alkanes of at least 4 members (excludes halogenated alkanes) is 1. The second-order valence-corrected chi connectivity index (χ2v) is 8.85. The summed E-state index contributed by atoms with van der Waals surface area (Å²) in [5, 5.41) is 26.2. The molecule has 0 heterocycles. The zero-order valence-electron chi connectivity index (χ0n) is 19.6. The first-order valence-electron chi connectivity index (χ1n) is 11.1. The van der Waals surface area contributed by atoms with Crippen molar-refractivity contribution in [1.82, 2.24) is 16.0 Å². The number of hydrogen-bond acceptors (Lipinski definition) is 7. The fourth-order valence-electron chi connectivity index (χ4n) is 3.09. The lowest BCUT2D eigenvalue weighted by Crippen LogP contribution is -2.58. The molecule has 0 radical (unpaired) electrons. The molecule has 0 saturated carbocycles. The van der Waals surface area contributed by atoms with Gasteiger partial charge < -0.3 is 37.6 Å². The van der Waals surface area contributed by atoms with Crippen LogP contribution in [-0.2, 0) is 19.2 Å². The molecule has 4 unspecified atom stereocenters. The molecule has 3 amide bonds. The molecule has 0 saturated heterocycles. The number of rotatable bonds is 16. The molecule has 9 N–H and O–H groups in total. The van der Waals surface area contributed by atoms with Crippen molar-refractivity contribution >= 4 is 23.7 Å². The lowest BCUT2D eigenvalue weighted by Gasteiger charge is -2.25. The van der Waals surface area contributed by atoms with Crippen LogP contribution in [0.25, 0.3) is 0 Å². The van der Waals surface area contributed by atoms with Crippen LogP contribution in [-0.4, -0.2) is 71.2 Å². The summed E-state index contributed by atoms with van der Waals surface area (Å²) in [4.78, 5) is 49.0. The Labute approximate surface area is 190 Å². The summed E-state index contributed by atoms with van der Waals surface area (Å²) in [6.45, 7) is 7.26. The highest BCUT2D eigenvalue weighted by Gasteiger charge is 2.30. The van der Waals surface area contributed by atoms with Crippen LogP contribution in [0.5, 0.6) is 0 Å². The quantitative estimate of drug-likeness (QED) is 0.144. The highest BCUT2D eigenvalue weighted by Crippen LogP contribution is 2.08. The van der Waals surface area contributed by atoms with E-state index in [9.17, 15) is 29.4 Å². The van der Waals surface area contributed by atoms with Gasteiger partial charge in [0.15, 0.2) is 0 Å². The van der Waals surface area contributed by atoms with E-state index in [1.165, 1.54) is 0 Å². The number of nitrogens with one attached hydrogen (secondary N) is 3. The Hall–Kier alpha value is -2.24. The number of carboxylic acid groups (broad SMARTS) is 1. The zero-order chi connectivity index (χ0) is 24.8. The monoisotopic (exact) mass is 459 g/mol. The predicted molar refractivity (Wildman–Crippen MR) is 120 cm³/mol. The second kappa shape index (κ2) is 15.5. The summed E-state index contributed by atoms with van der Waals surface area (Å²) in [6.07, 6.45) is 2.02. The first-order chi connectivity index (χ1) is 14.9. The van der Waals surface area contributed by atoms with E-state index in [0.717, 1.165) is 0 Å². The normalized spacial score (nSPS) is 15.0. The number of aliphatic carboxylic acids is 1. The van der Waals surface area contributed by atoms with Crippen molar-refractivity contribution in [1.29, 1.82) is 0 Å². The molecule has 32 heavy (non-hydrogen) atoms. The van der Waals surface area contributed by atoms with Crippen molar-refractivity contribution in [2.75, 3.05) is 13.2 Å². The minimum Gasteiger partial charge on any atom is -0.480 e. The van der Waals surface area contributed by atoms with E-state index in [0.29, 0.717) is 32.2 Å². The molecule has 186 valence electrons. The third kappa shape index (κ3) is 12.0. The lowest BCUT2D eigenvalue weighted by molar-refractivity contribution is -0.142. The summed E-state index contributed by atoms with van der Waals surface area (Å²) in [5.74, 6) is -2.94. The van der Waals surface area contributed by atoms with Crippen molar-refractivity contribution in [3.05, 3.63) is 0 Å². The number of hydrogen-bond donors (Lipinski definition) is 7. The van der Waals surface area contributed by atoms with E-state index in [-0.39, 0.29) is 18.3 Å². The molecule has 11 heteroatoms. The molecule has 0 aromatic heterocycles. The smallest absolute Gasteiger partial charge is 0.326 e. The molecule has 0 aliphatic rings. The van der Waals surface area contributed by atoms with E-state index in [1.807, 2.05) is 27.7 Å². The van der Waals surface area contributed by atoms with Crippen LogP contribution in [0.3, 0.4) is 0 Å². The average Bonchev–Trinajstić information content (AvgIpc) is 2.69. The average molecular weight is 460 g/mol. The molecule has 0 aromatic rings. The number of aliphatic hydroxyl groups is 1. The number of nitrogens with two attached hydrogens (primary N) is 2. The van der Waals surface area contributed by atoms with E-state index < -0.39 is 54.5 Å². The van der Waals surface area contributed by atoms with Crippen LogP contribution in [0, 0.1) is 11.8 Å². The molecule has 11 nitrogen and oxygen atoms in total. The minimum absolute atomic E-state index is 0.0488. The van der Waals surface area contributed by atoms with Crippen LogP contribution < -0.4 is 27.4 Å². The molecular weight excluding hydrogens is 418 g/mol. The van der Waals surface area contributed by atoms with E-state index in [2.05, 4.69) is 16.0 Å². The summed E-state index contributed by atoms with van der Waals surface area (Å²) in [5.41, 5.74) is 11.3. The molecule has 0 aliphatic carbocycles. The number of carbonyl (C=O) groups is 4. The Balaban J connectivity index is 5.17. The van der Waals surface area contributed by atoms with Crippen molar-refractivity contribution in [3.63, 3.8) is 0 Å². The van der Waals surface area contributed by atoms with Gasteiger partial charge in [-0.3, -0.25) is 14.4 Å². The van der Waals surface area contributed by atoms with Gasteiger partial charge >= 0.3 is 5.97 Å². The second-order valence-electron chi connectivity index (χ2n) is 8.85. The highest BCUT2D eigenvalue weighted by molar-refractivity contribution is 5.94. The lowest BCUT2D eigenvalue weighted by atomic mass is 10.0. The Morgan fingerprint density at radius 3 is 1.75 bits per heavy atom. The van der Waals surface area contributed by atoms with Gasteiger partial charge in [0.1, 0.15) is 18.1 Å². The zero-order valence-corrected chi connectivity index (χ0v) is 19.6. The van der Waals surface area contributed by atoms with Gasteiger partial charge in [0.05, 0.1) is 12.6 Å². The van der Waals surface area contributed by atoms with Crippen LogP contribution in [0.4, 0.5) is 0 Å². The van der Waals surface area contributed by atoms with Gasteiger partial charge in [-0.1, -0.05) is 27.7 Å². The molecule has 0 aliphatic heterocycles. The Kier molecular flexibility index (Phi) is 14.5. The SMILES string of the molecule is CC(C)CC(N)C(=O)NC(CC(C)C)C(=O)NC(CO)C(=O)NC(CCCCN)C(=O)O. The third-order valence-corrected chi connectivity index (χ3v) is 4.78. The van der Waals surface area contributed by atoms with Gasteiger partial charge in [-0.15, -0.1) is 0 Å². The molecule has 0 spiro atoms. The van der Waals surface area contributed by atoms with Gasteiger partial charge in [-0.05, 0) is 50.5 Å². The molecule has 0 bridgehead atoms. The van der Waals surface area contributed by atoms with Crippen LogP contribution in [0.2, 0.25) is 0 Å². The highest BCUT2D eigenvalue weighted by atomic mass is 16.4. The Bertz CT molecular complexity index is 613. The topological polar surface area (TPSA) is 197 Å². The maximum Gasteiger partial charge on any atom is 0.326 e. The number of carbonyl (C=O) groups excluding carboxylic acids is 3. The number of aliphatic hydroxyl groups excluding tert-OH is 1. The molecule has 4 atom stereocenters. The van der Waals surface area contributed by atoms with Gasteiger partial charge in [0.2, 0.25) is 17.7 Å². The van der Waals surface area contributed by atoms with Crippen LogP contribution >= 0.6 is 0 Å². The fraction of sp³-hybridized carbons (Fsp3) is 0.810. The van der Waals surface area contributed by atoms with Gasteiger partial charge in [-0.2, -0.15) is 0 Å². The van der Waals surface area contributed by atoms with Gasteiger partial charge in [0.25, 0.3) is 0 Å². The predicted octanol–water partition coefficient (Wildman–Crippen LogP) is -0.934. The number of carboxylic acids is 1.